The molecule has 0 aromatic rings. The van der Waals surface area contributed by atoms with Gasteiger partial charge in [-0.25, -0.2) is 0 Å². The van der Waals surface area contributed by atoms with Crippen molar-refractivity contribution in [2.75, 3.05) is 13.2 Å². The van der Waals surface area contributed by atoms with Gasteiger partial charge in [-0.2, -0.15) is 0 Å². The molecule has 0 fully saturated rings. The molecule has 0 saturated carbocycles. The molecule has 386 valence electrons. The van der Waals surface area contributed by atoms with Gasteiger partial charge in [0.25, 0.3) is 0 Å². The minimum absolute atomic E-state index is 0.129. The first-order valence-corrected chi connectivity index (χ1v) is 27.4. The van der Waals surface area contributed by atoms with Gasteiger partial charge >= 0.3 is 17.9 Å². The number of esters is 3. The molecule has 1 unspecified atom stereocenters. The Morgan fingerprint density at radius 1 is 0.319 bits per heavy atom. The van der Waals surface area contributed by atoms with Crippen molar-refractivity contribution in [3.63, 3.8) is 0 Å². The van der Waals surface area contributed by atoms with E-state index in [1.807, 2.05) is 48.6 Å². The molecule has 0 aliphatic rings. The van der Waals surface area contributed by atoms with Crippen LogP contribution in [0.2, 0.25) is 0 Å². The van der Waals surface area contributed by atoms with Crippen LogP contribution < -0.4 is 0 Å². The highest BCUT2D eigenvalue weighted by molar-refractivity contribution is 5.71. The van der Waals surface area contributed by atoms with Gasteiger partial charge in [-0.3, -0.25) is 14.4 Å². The molecular formula is C63H98O6. The normalized spacial score (nSPS) is 13.3. The largest absolute Gasteiger partial charge is 0.462 e. The first-order valence-electron chi connectivity index (χ1n) is 27.4. The Balaban J connectivity index is 4.56. The lowest BCUT2D eigenvalue weighted by molar-refractivity contribution is -0.166. The highest BCUT2D eigenvalue weighted by Crippen LogP contribution is 2.14. The van der Waals surface area contributed by atoms with Crippen LogP contribution in [0.15, 0.2) is 146 Å². The van der Waals surface area contributed by atoms with E-state index >= 15 is 0 Å². The zero-order valence-electron chi connectivity index (χ0n) is 44.0. The fraction of sp³-hybridized carbons (Fsp3) is 0.571. The Kier molecular flexibility index (Phi) is 52.1. The summed E-state index contributed by atoms with van der Waals surface area (Å²) in [7, 11) is 0. The van der Waals surface area contributed by atoms with Crippen LogP contribution in [-0.4, -0.2) is 37.2 Å². The van der Waals surface area contributed by atoms with Crippen LogP contribution in [0.3, 0.4) is 0 Å². The van der Waals surface area contributed by atoms with Crippen molar-refractivity contribution < 1.29 is 28.6 Å². The summed E-state index contributed by atoms with van der Waals surface area (Å²) in [5.41, 5.74) is 0. The Morgan fingerprint density at radius 2 is 0.667 bits per heavy atom. The molecule has 0 aliphatic heterocycles. The average molecular weight is 951 g/mol. The van der Waals surface area contributed by atoms with Crippen LogP contribution in [0, 0.1) is 0 Å². The quantitative estimate of drug-likeness (QED) is 0.0199. The smallest absolute Gasteiger partial charge is 0.306 e. The van der Waals surface area contributed by atoms with Gasteiger partial charge < -0.3 is 14.2 Å². The monoisotopic (exact) mass is 951 g/mol. The third-order valence-electron chi connectivity index (χ3n) is 10.9. The van der Waals surface area contributed by atoms with E-state index in [-0.39, 0.29) is 37.5 Å². The van der Waals surface area contributed by atoms with Gasteiger partial charge in [-0.05, 0) is 103 Å². The number of allylic oxidation sites excluding steroid dienone is 24. The molecule has 0 radical (unpaired) electrons. The zero-order valence-corrected chi connectivity index (χ0v) is 44.0. The number of unbranched alkanes of at least 4 members (excludes halogenated alkanes) is 16. The molecule has 0 heterocycles. The van der Waals surface area contributed by atoms with E-state index in [2.05, 4.69) is 118 Å². The first kappa shape index (κ1) is 64.3. The molecule has 0 N–H and O–H groups in total. The lowest BCUT2D eigenvalue weighted by Crippen LogP contribution is -2.30. The molecule has 0 bridgehead atoms. The summed E-state index contributed by atoms with van der Waals surface area (Å²) in [5, 5.41) is 0. The number of carbonyl (C=O) groups excluding carboxylic acids is 3. The fourth-order valence-electron chi connectivity index (χ4n) is 6.88. The van der Waals surface area contributed by atoms with E-state index in [0.717, 1.165) is 89.9 Å². The summed E-state index contributed by atoms with van der Waals surface area (Å²) in [5.74, 6) is -1.06. The van der Waals surface area contributed by atoms with E-state index in [9.17, 15) is 14.4 Å². The summed E-state index contributed by atoms with van der Waals surface area (Å²) < 4.78 is 16.7. The third-order valence-corrected chi connectivity index (χ3v) is 10.9. The van der Waals surface area contributed by atoms with Crippen LogP contribution in [0.5, 0.6) is 0 Å². The van der Waals surface area contributed by atoms with Crippen LogP contribution >= 0.6 is 0 Å². The Bertz CT molecular complexity index is 1560. The van der Waals surface area contributed by atoms with Gasteiger partial charge in [0.1, 0.15) is 13.2 Å². The predicted octanol–water partition coefficient (Wildman–Crippen LogP) is 18.4. The van der Waals surface area contributed by atoms with Crippen molar-refractivity contribution in [3.05, 3.63) is 146 Å². The van der Waals surface area contributed by atoms with Crippen molar-refractivity contribution in [3.8, 4) is 0 Å². The number of ether oxygens (including phenoxy) is 3. The molecule has 1 atom stereocenters. The lowest BCUT2D eigenvalue weighted by atomic mass is 10.1. The van der Waals surface area contributed by atoms with Gasteiger partial charge in [0.2, 0.25) is 0 Å². The van der Waals surface area contributed by atoms with Gasteiger partial charge in [-0.15, -0.1) is 0 Å². The van der Waals surface area contributed by atoms with Crippen molar-refractivity contribution >= 4 is 17.9 Å². The molecule has 0 rings (SSSR count). The van der Waals surface area contributed by atoms with Gasteiger partial charge in [0.15, 0.2) is 6.10 Å². The molecule has 0 spiro atoms. The maximum absolute atomic E-state index is 12.8. The van der Waals surface area contributed by atoms with Crippen molar-refractivity contribution in [1.82, 2.24) is 0 Å². The molecule has 0 saturated heterocycles. The highest BCUT2D eigenvalue weighted by Gasteiger charge is 2.19. The number of carbonyl (C=O) groups is 3. The molecule has 0 aromatic heterocycles. The second-order valence-corrected chi connectivity index (χ2v) is 17.5. The standard InChI is InChI=1S/C63H98O6/c1-4-7-10-13-16-19-22-25-27-29-31-33-35-38-41-44-47-50-53-56-62(65)68-59-60(58-67-61(64)55-52-49-46-43-40-37-24-21-18-15-12-9-6-3)69-63(66)57-54-51-48-45-42-39-36-34-32-30-28-26-23-20-17-14-11-8-5-2/h7,9-10,12,15-21,23-27,31,33,37-38,40-41,47,50,60H,4-6,8,11,13-14,22,28-30,32,34-36,39,42-46,48-49,51-59H2,1-3H3/b10-7-,12-9-,18-15-,19-16-,20-17-,24-21-,26-23-,27-25-,33-31-,40-37-,41-38-,50-47-. The van der Waals surface area contributed by atoms with Crippen molar-refractivity contribution in [1.29, 1.82) is 0 Å². The minimum Gasteiger partial charge on any atom is -0.462 e. The van der Waals surface area contributed by atoms with Crippen LogP contribution in [-0.2, 0) is 28.6 Å². The first-order chi connectivity index (χ1) is 34.0. The number of rotatable bonds is 47. The van der Waals surface area contributed by atoms with Gasteiger partial charge in [-0.1, -0.05) is 237 Å². The molecular weight excluding hydrogens is 853 g/mol. The molecule has 69 heavy (non-hydrogen) atoms. The average Bonchev–Trinajstić information content (AvgIpc) is 3.35. The van der Waals surface area contributed by atoms with E-state index < -0.39 is 6.10 Å². The second-order valence-electron chi connectivity index (χ2n) is 17.5. The van der Waals surface area contributed by atoms with Gasteiger partial charge in [0.05, 0.1) is 0 Å². The summed E-state index contributed by atoms with van der Waals surface area (Å²) in [4.78, 5) is 38.1. The van der Waals surface area contributed by atoms with Gasteiger partial charge in [0, 0.05) is 19.3 Å². The minimum atomic E-state index is -0.833. The van der Waals surface area contributed by atoms with Crippen molar-refractivity contribution in [2.24, 2.45) is 0 Å². The van der Waals surface area contributed by atoms with E-state index in [1.54, 1.807) is 0 Å². The molecule has 6 nitrogen and oxygen atoms in total. The third kappa shape index (κ3) is 54.1. The summed E-state index contributed by atoms with van der Waals surface area (Å²) >= 11 is 0. The zero-order chi connectivity index (χ0) is 50.0. The van der Waals surface area contributed by atoms with Crippen LogP contribution in [0.1, 0.15) is 213 Å². The maximum atomic E-state index is 12.8. The molecule has 0 aliphatic carbocycles. The second kappa shape index (κ2) is 55.9. The predicted molar refractivity (Wildman–Crippen MR) is 297 cm³/mol. The Labute approximate surface area is 423 Å². The van der Waals surface area contributed by atoms with Crippen LogP contribution in [0.25, 0.3) is 0 Å². The Hall–Kier alpha value is -4.71. The number of hydrogen-bond acceptors (Lipinski definition) is 6. The summed E-state index contributed by atoms with van der Waals surface area (Å²) in [6.45, 7) is 6.24. The Morgan fingerprint density at radius 3 is 1.14 bits per heavy atom. The fourth-order valence-corrected chi connectivity index (χ4v) is 6.88. The van der Waals surface area contributed by atoms with Crippen molar-refractivity contribution in [2.45, 2.75) is 219 Å². The van der Waals surface area contributed by atoms with E-state index in [4.69, 9.17) is 14.2 Å². The SMILES string of the molecule is CC\C=C/C=C\C=C/C=C\CCCCCC(=O)OCC(COC(=O)CC/C=C\C/C=C\C/C=C\C/C=C\C/C=C\C/C=C\CC)OC(=O)CCCCCCCCCCCC/C=C\C=C/CCCCC. The number of hydrogen-bond donors (Lipinski definition) is 0. The van der Waals surface area contributed by atoms with E-state index in [0.29, 0.717) is 19.3 Å². The summed E-state index contributed by atoms with van der Waals surface area (Å²) in [6, 6.07) is 0. The maximum Gasteiger partial charge on any atom is 0.306 e. The molecule has 0 amide bonds. The van der Waals surface area contributed by atoms with E-state index in [1.165, 1.54) is 77.0 Å². The topological polar surface area (TPSA) is 78.9 Å². The lowest BCUT2D eigenvalue weighted by Gasteiger charge is -2.18. The summed E-state index contributed by atoms with van der Waals surface area (Å²) in [6.07, 6.45) is 79.9. The van der Waals surface area contributed by atoms with Crippen LogP contribution in [0.4, 0.5) is 0 Å². The molecule has 0 aromatic carbocycles. The molecule has 6 heteroatoms. The highest BCUT2D eigenvalue weighted by atomic mass is 16.6.